The Hall–Kier alpha value is -1.54. The molecule has 0 saturated carbocycles. The second-order valence-electron chi connectivity index (χ2n) is 4.88. The number of nitrogens with zero attached hydrogens (tertiary/aromatic N) is 2. The number of carbonyl (C=O) groups is 1. The van der Waals surface area contributed by atoms with E-state index >= 15 is 0 Å². The van der Waals surface area contributed by atoms with E-state index in [0.717, 1.165) is 17.3 Å². The van der Waals surface area contributed by atoms with Crippen LogP contribution in [0.3, 0.4) is 0 Å². The van der Waals surface area contributed by atoms with Crippen LogP contribution in [0.2, 0.25) is 0 Å². The van der Waals surface area contributed by atoms with E-state index in [9.17, 15) is 9.59 Å². The summed E-state index contributed by atoms with van der Waals surface area (Å²) in [5, 5.41) is 6.97. The smallest absolute Gasteiger partial charge is 0.343 e. The van der Waals surface area contributed by atoms with Crippen molar-refractivity contribution in [3.05, 3.63) is 38.7 Å². The molecule has 1 aromatic heterocycles. The number of aromatic nitrogens is 3. The maximum Gasteiger partial charge on any atom is 0.343 e. The van der Waals surface area contributed by atoms with Gasteiger partial charge in [0, 0.05) is 12.1 Å². The Balaban J connectivity index is 2.05. The summed E-state index contributed by atoms with van der Waals surface area (Å²) in [5.74, 6) is 0.862. The lowest BCUT2D eigenvalue weighted by atomic mass is 10.1. The fourth-order valence-electron chi connectivity index (χ4n) is 1.98. The van der Waals surface area contributed by atoms with Gasteiger partial charge in [-0.25, -0.2) is 9.89 Å². The summed E-state index contributed by atoms with van der Waals surface area (Å²) >= 11 is 4.63. The van der Waals surface area contributed by atoms with Gasteiger partial charge in [-0.15, -0.1) is 5.10 Å². The van der Waals surface area contributed by atoms with E-state index in [1.165, 1.54) is 11.8 Å². The molecular formula is C15H18BrN3O3S. The van der Waals surface area contributed by atoms with Crippen LogP contribution in [-0.2, 0) is 6.54 Å². The lowest BCUT2D eigenvalue weighted by Crippen LogP contribution is -2.18. The van der Waals surface area contributed by atoms with Crippen molar-refractivity contribution in [1.82, 2.24) is 14.8 Å². The Morgan fingerprint density at radius 3 is 2.91 bits per heavy atom. The van der Waals surface area contributed by atoms with E-state index in [-0.39, 0.29) is 17.2 Å². The van der Waals surface area contributed by atoms with E-state index in [2.05, 4.69) is 33.1 Å². The van der Waals surface area contributed by atoms with Gasteiger partial charge in [-0.1, -0.05) is 25.1 Å². The van der Waals surface area contributed by atoms with Crippen LogP contribution in [0.5, 0.6) is 5.75 Å². The molecule has 0 aliphatic heterocycles. The summed E-state index contributed by atoms with van der Waals surface area (Å²) < 4.78 is 7.46. The number of nitrogens with one attached hydrogen (secondary N) is 1. The molecule has 1 heterocycles. The summed E-state index contributed by atoms with van der Waals surface area (Å²) in [6, 6.07) is 5.20. The zero-order valence-corrected chi connectivity index (χ0v) is 15.4. The van der Waals surface area contributed by atoms with Crippen molar-refractivity contribution in [2.24, 2.45) is 0 Å². The van der Waals surface area contributed by atoms with Gasteiger partial charge in [0.1, 0.15) is 5.75 Å². The van der Waals surface area contributed by atoms with Gasteiger partial charge < -0.3 is 4.74 Å². The van der Waals surface area contributed by atoms with Crippen molar-refractivity contribution >= 4 is 33.5 Å². The number of aromatic amines is 1. The molecule has 0 radical (unpaired) electrons. The number of benzene rings is 1. The number of H-pyrrole nitrogens is 1. The van der Waals surface area contributed by atoms with Gasteiger partial charge in [-0.2, -0.15) is 0 Å². The minimum absolute atomic E-state index is 0.0316. The minimum Gasteiger partial charge on any atom is -0.496 e. The number of ketones is 1. The number of Topliss-reactive ketones (excluding diaryl/α,β-unsaturated/α-hetero) is 1. The zero-order valence-electron chi connectivity index (χ0n) is 13.0. The Kier molecular flexibility index (Phi) is 6.47. The number of hydrogen-bond acceptors (Lipinski definition) is 5. The van der Waals surface area contributed by atoms with Crippen molar-refractivity contribution < 1.29 is 9.53 Å². The Bertz CT molecular complexity index is 742. The van der Waals surface area contributed by atoms with Crippen molar-refractivity contribution in [3.8, 4) is 5.75 Å². The molecule has 0 spiro atoms. The van der Waals surface area contributed by atoms with Gasteiger partial charge in [-0.3, -0.25) is 9.36 Å². The van der Waals surface area contributed by atoms with Crippen molar-refractivity contribution in [2.45, 2.75) is 31.5 Å². The van der Waals surface area contributed by atoms with Gasteiger partial charge in [0.15, 0.2) is 10.9 Å². The molecule has 0 fully saturated rings. The van der Waals surface area contributed by atoms with Gasteiger partial charge >= 0.3 is 5.69 Å². The number of rotatable bonds is 8. The predicted octanol–water partition coefficient (Wildman–Crippen LogP) is 3.12. The van der Waals surface area contributed by atoms with Crippen LogP contribution in [0.15, 0.2) is 32.6 Å². The van der Waals surface area contributed by atoms with Crippen molar-refractivity contribution in [1.29, 1.82) is 0 Å². The quantitative estimate of drug-likeness (QED) is 0.544. The Morgan fingerprint density at radius 1 is 1.48 bits per heavy atom. The highest BCUT2D eigenvalue weighted by molar-refractivity contribution is 9.10. The largest absolute Gasteiger partial charge is 0.496 e. The molecule has 0 amide bonds. The lowest BCUT2D eigenvalue weighted by molar-refractivity contribution is 0.102. The lowest BCUT2D eigenvalue weighted by Gasteiger charge is -2.06. The Morgan fingerprint density at radius 2 is 2.26 bits per heavy atom. The molecule has 23 heavy (non-hydrogen) atoms. The fourth-order valence-corrected chi connectivity index (χ4v) is 3.39. The molecule has 1 N–H and O–H groups in total. The number of halogens is 1. The van der Waals surface area contributed by atoms with Crippen LogP contribution < -0.4 is 10.4 Å². The molecule has 0 unspecified atom stereocenters. The Labute approximate surface area is 146 Å². The molecule has 2 aromatic rings. The average molecular weight is 400 g/mol. The number of ether oxygens (including phenoxy) is 1. The number of thioether (sulfide) groups is 1. The highest BCUT2D eigenvalue weighted by Gasteiger charge is 2.13. The molecule has 2 rings (SSSR count). The van der Waals surface area contributed by atoms with E-state index < -0.39 is 0 Å². The van der Waals surface area contributed by atoms with E-state index in [1.807, 2.05) is 0 Å². The molecule has 1 aromatic carbocycles. The van der Waals surface area contributed by atoms with Crippen LogP contribution in [0.1, 0.15) is 30.1 Å². The van der Waals surface area contributed by atoms with Crippen LogP contribution >= 0.6 is 27.7 Å². The van der Waals surface area contributed by atoms with Crippen LogP contribution in [-0.4, -0.2) is 33.4 Å². The van der Waals surface area contributed by atoms with Crippen LogP contribution in [0.4, 0.5) is 0 Å². The SMILES string of the molecule is CCCCn1c(SCC(=O)c2ccc(OC)c(Br)c2)n[nH]c1=O. The second kappa shape index (κ2) is 8.35. The molecular weight excluding hydrogens is 382 g/mol. The second-order valence-corrected chi connectivity index (χ2v) is 6.67. The maximum atomic E-state index is 12.3. The van der Waals surface area contributed by atoms with Gasteiger partial charge in [-0.05, 0) is 40.5 Å². The van der Waals surface area contributed by atoms with E-state index in [0.29, 0.717) is 23.0 Å². The number of methoxy groups -OCH3 is 1. The third kappa shape index (κ3) is 4.48. The number of hydrogen-bond donors (Lipinski definition) is 1. The standard InChI is InChI=1S/C15H18BrN3O3S/c1-3-4-7-19-14(21)17-18-15(19)23-9-12(20)10-5-6-13(22-2)11(16)8-10/h5-6,8H,3-4,7,9H2,1-2H3,(H,17,21). The van der Waals surface area contributed by atoms with Gasteiger partial charge in [0.2, 0.25) is 0 Å². The summed E-state index contributed by atoms with van der Waals surface area (Å²) in [4.78, 5) is 24.0. The maximum absolute atomic E-state index is 12.3. The zero-order chi connectivity index (χ0) is 16.8. The predicted molar refractivity (Wildman–Crippen MR) is 93.5 cm³/mol. The van der Waals surface area contributed by atoms with Crippen molar-refractivity contribution in [3.63, 3.8) is 0 Å². The molecule has 0 atom stereocenters. The van der Waals surface area contributed by atoms with Gasteiger partial charge in [0.05, 0.1) is 17.3 Å². The highest BCUT2D eigenvalue weighted by atomic mass is 79.9. The fraction of sp³-hybridized carbons (Fsp3) is 0.400. The first-order valence-electron chi connectivity index (χ1n) is 7.21. The monoisotopic (exact) mass is 399 g/mol. The molecule has 124 valence electrons. The summed E-state index contributed by atoms with van der Waals surface area (Å²) in [5.41, 5.74) is 0.351. The molecule has 0 aliphatic rings. The third-order valence-electron chi connectivity index (χ3n) is 3.26. The third-order valence-corrected chi connectivity index (χ3v) is 4.86. The molecule has 0 saturated heterocycles. The van der Waals surface area contributed by atoms with Crippen LogP contribution in [0.25, 0.3) is 0 Å². The normalized spacial score (nSPS) is 10.7. The minimum atomic E-state index is -0.236. The molecule has 8 heteroatoms. The molecule has 6 nitrogen and oxygen atoms in total. The van der Waals surface area contributed by atoms with Crippen molar-refractivity contribution in [2.75, 3.05) is 12.9 Å². The summed E-state index contributed by atoms with van der Waals surface area (Å²) in [6.45, 7) is 2.67. The first kappa shape index (κ1) is 17.8. The number of unbranched alkanes of at least 4 members (excludes halogenated alkanes) is 1. The van der Waals surface area contributed by atoms with E-state index in [1.54, 1.807) is 29.9 Å². The average Bonchev–Trinajstić information content (AvgIpc) is 2.90. The topological polar surface area (TPSA) is 77.0 Å². The number of carbonyl (C=O) groups excluding carboxylic acids is 1. The van der Waals surface area contributed by atoms with Crippen LogP contribution in [0, 0.1) is 0 Å². The molecule has 0 aliphatic carbocycles. The summed E-state index contributed by atoms with van der Waals surface area (Å²) in [7, 11) is 1.57. The summed E-state index contributed by atoms with van der Waals surface area (Å²) in [6.07, 6.45) is 1.88. The molecule has 0 bridgehead atoms. The van der Waals surface area contributed by atoms with E-state index in [4.69, 9.17) is 4.74 Å². The van der Waals surface area contributed by atoms with Gasteiger partial charge in [0.25, 0.3) is 0 Å². The highest BCUT2D eigenvalue weighted by Crippen LogP contribution is 2.26. The first-order valence-corrected chi connectivity index (χ1v) is 8.99. The first-order chi connectivity index (χ1) is 11.1.